The molecule has 1 atom stereocenters. The number of nitrogens with zero attached hydrogens (tertiary/aromatic N) is 3. The second-order valence-corrected chi connectivity index (χ2v) is 5.12. The van der Waals surface area contributed by atoms with E-state index in [1.807, 2.05) is 13.8 Å². The van der Waals surface area contributed by atoms with Gasteiger partial charge < -0.3 is 10.6 Å². The average Bonchev–Trinajstić information content (AvgIpc) is 2.39. The number of carbonyl (C=O) groups excluding carboxylic acids is 1. The maximum absolute atomic E-state index is 11.9. The molecule has 8 heteroatoms. The van der Waals surface area contributed by atoms with Gasteiger partial charge in [0.1, 0.15) is 6.04 Å². The molecule has 1 rings (SSSR count). The van der Waals surface area contributed by atoms with E-state index in [1.54, 1.807) is 6.92 Å². The third kappa shape index (κ3) is 3.69. The van der Waals surface area contributed by atoms with Gasteiger partial charge in [-0.3, -0.25) is 14.2 Å². The molecular formula is C12H21N5O3. The van der Waals surface area contributed by atoms with Gasteiger partial charge in [0.15, 0.2) is 0 Å². The van der Waals surface area contributed by atoms with E-state index in [1.165, 1.54) is 14.1 Å². The lowest BCUT2D eigenvalue weighted by Crippen LogP contribution is -2.44. The molecule has 1 heterocycles. The second-order valence-electron chi connectivity index (χ2n) is 5.12. The molecule has 20 heavy (non-hydrogen) atoms. The zero-order valence-corrected chi connectivity index (χ0v) is 12.4. The SMILES string of the molecule is CC(C)CNC(=O)C(C)Nc1nn(C)c(=O)n(C)c1=O. The first-order valence-electron chi connectivity index (χ1n) is 6.42. The summed E-state index contributed by atoms with van der Waals surface area (Å²) < 4.78 is 1.98. The van der Waals surface area contributed by atoms with Crippen LogP contribution in [0.3, 0.4) is 0 Å². The van der Waals surface area contributed by atoms with Crippen molar-refractivity contribution >= 4 is 11.7 Å². The van der Waals surface area contributed by atoms with E-state index in [-0.39, 0.29) is 11.7 Å². The van der Waals surface area contributed by atoms with Gasteiger partial charge in [0.05, 0.1) is 0 Å². The Hall–Kier alpha value is -2.12. The van der Waals surface area contributed by atoms with Gasteiger partial charge in [-0.2, -0.15) is 0 Å². The Bertz CT molecular complexity index is 602. The fourth-order valence-electron chi connectivity index (χ4n) is 1.52. The quantitative estimate of drug-likeness (QED) is 0.726. The van der Waals surface area contributed by atoms with Crippen molar-refractivity contribution in [2.75, 3.05) is 11.9 Å². The number of amides is 1. The van der Waals surface area contributed by atoms with Crippen LogP contribution in [-0.4, -0.2) is 32.8 Å². The minimum absolute atomic E-state index is 0.0261. The van der Waals surface area contributed by atoms with E-state index in [9.17, 15) is 14.4 Å². The predicted molar refractivity (Wildman–Crippen MR) is 75.7 cm³/mol. The van der Waals surface area contributed by atoms with Gasteiger partial charge >= 0.3 is 5.69 Å². The van der Waals surface area contributed by atoms with Crippen LogP contribution in [-0.2, 0) is 18.9 Å². The van der Waals surface area contributed by atoms with Crippen LogP contribution in [0, 0.1) is 5.92 Å². The number of hydrogen-bond donors (Lipinski definition) is 2. The van der Waals surface area contributed by atoms with Crippen LogP contribution in [0.4, 0.5) is 5.82 Å². The fraction of sp³-hybridized carbons (Fsp3) is 0.667. The van der Waals surface area contributed by atoms with Crippen molar-refractivity contribution in [3.05, 3.63) is 20.8 Å². The van der Waals surface area contributed by atoms with Crippen LogP contribution in [0.25, 0.3) is 0 Å². The number of nitrogens with one attached hydrogen (secondary N) is 2. The van der Waals surface area contributed by atoms with Crippen LogP contribution < -0.4 is 21.9 Å². The van der Waals surface area contributed by atoms with Gasteiger partial charge in [0.25, 0.3) is 5.56 Å². The Balaban J connectivity index is 2.86. The lowest BCUT2D eigenvalue weighted by Gasteiger charge is -2.15. The van der Waals surface area contributed by atoms with Crippen molar-refractivity contribution in [2.24, 2.45) is 20.0 Å². The lowest BCUT2D eigenvalue weighted by atomic mass is 10.2. The topological polar surface area (TPSA) is 98.0 Å². The number of carbonyl (C=O) groups is 1. The number of hydrogen-bond acceptors (Lipinski definition) is 5. The van der Waals surface area contributed by atoms with Gasteiger partial charge in [-0.1, -0.05) is 13.8 Å². The highest BCUT2D eigenvalue weighted by atomic mass is 16.2. The van der Waals surface area contributed by atoms with Crippen LogP contribution >= 0.6 is 0 Å². The van der Waals surface area contributed by atoms with Crippen molar-refractivity contribution in [2.45, 2.75) is 26.8 Å². The van der Waals surface area contributed by atoms with E-state index < -0.39 is 17.3 Å². The molecule has 0 fully saturated rings. The van der Waals surface area contributed by atoms with Gasteiger partial charge in [-0.25, -0.2) is 9.48 Å². The highest BCUT2D eigenvalue weighted by Gasteiger charge is 2.16. The molecule has 0 spiro atoms. The first kappa shape index (κ1) is 15.9. The normalized spacial score (nSPS) is 12.3. The van der Waals surface area contributed by atoms with Gasteiger partial charge in [0, 0.05) is 20.6 Å². The maximum Gasteiger partial charge on any atom is 0.346 e. The Labute approximate surface area is 116 Å². The molecule has 1 amide bonds. The molecule has 0 aromatic carbocycles. The number of aryl methyl sites for hydroxylation is 1. The monoisotopic (exact) mass is 283 g/mol. The molecule has 1 unspecified atom stereocenters. The largest absolute Gasteiger partial charge is 0.354 e. The number of aromatic nitrogens is 3. The third-order valence-electron chi connectivity index (χ3n) is 2.75. The Morgan fingerprint density at radius 1 is 1.25 bits per heavy atom. The zero-order chi connectivity index (χ0) is 15.4. The van der Waals surface area contributed by atoms with Crippen LogP contribution in [0.2, 0.25) is 0 Å². The molecule has 0 aliphatic carbocycles. The summed E-state index contributed by atoms with van der Waals surface area (Å²) in [5.74, 6) is 0.0906. The Kier molecular flexibility index (Phi) is 5.06. The summed E-state index contributed by atoms with van der Waals surface area (Å²) in [6.45, 7) is 6.16. The summed E-state index contributed by atoms with van der Waals surface area (Å²) in [5, 5.41) is 9.31. The molecule has 112 valence electrons. The van der Waals surface area contributed by atoms with Crippen molar-refractivity contribution in [1.82, 2.24) is 19.7 Å². The van der Waals surface area contributed by atoms with E-state index in [2.05, 4.69) is 15.7 Å². The zero-order valence-electron chi connectivity index (χ0n) is 12.4. The summed E-state index contributed by atoms with van der Waals surface area (Å²) in [6, 6.07) is -0.619. The van der Waals surface area contributed by atoms with Crippen molar-refractivity contribution in [3.63, 3.8) is 0 Å². The van der Waals surface area contributed by atoms with Crippen LogP contribution in [0.5, 0.6) is 0 Å². The van der Waals surface area contributed by atoms with Gasteiger partial charge in [0.2, 0.25) is 11.7 Å². The van der Waals surface area contributed by atoms with Crippen molar-refractivity contribution < 1.29 is 4.79 Å². The average molecular weight is 283 g/mol. The minimum Gasteiger partial charge on any atom is -0.354 e. The standard InChI is InChI=1S/C12H21N5O3/c1-7(2)6-13-10(18)8(3)14-9-11(19)16(4)12(20)17(5)15-9/h7-8H,6H2,1-5H3,(H,13,18)(H,14,15). The number of anilines is 1. The molecule has 0 bridgehead atoms. The summed E-state index contributed by atoms with van der Waals surface area (Å²) >= 11 is 0. The van der Waals surface area contributed by atoms with E-state index in [4.69, 9.17) is 0 Å². The third-order valence-corrected chi connectivity index (χ3v) is 2.75. The Morgan fingerprint density at radius 2 is 1.85 bits per heavy atom. The van der Waals surface area contributed by atoms with E-state index in [0.717, 1.165) is 9.25 Å². The molecule has 0 aliphatic heterocycles. The van der Waals surface area contributed by atoms with Gasteiger partial charge in [-0.05, 0) is 12.8 Å². The molecule has 0 saturated heterocycles. The van der Waals surface area contributed by atoms with Crippen LogP contribution in [0.15, 0.2) is 9.59 Å². The summed E-state index contributed by atoms with van der Waals surface area (Å²) in [6.07, 6.45) is 0. The fourth-order valence-corrected chi connectivity index (χ4v) is 1.52. The molecule has 0 aliphatic rings. The molecule has 2 N–H and O–H groups in total. The Morgan fingerprint density at radius 3 is 2.40 bits per heavy atom. The molecule has 1 aromatic heterocycles. The van der Waals surface area contributed by atoms with E-state index >= 15 is 0 Å². The smallest absolute Gasteiger partial charge is 0.346 e. The maximum atomic E-state index is 11.9. The summed E-state index contributed by atoms with van der Waals surface area (Å²) in [5.41, 5.74) is -1.07. The highest BCUT2D eigenvalue weighted by molar-refractivity contribution is 5.83. The van der Waals surface area contributed by atoms with Crippen molar-refractivity contribution in [3.8, 4) is 0 Å². The summed E-state index contributed by atoms with van der Waals surface area (Å²) in [4.78, 5) is 35.2. The number of rotatable bonds is 5. The van der Waals surface area contributed by atoms with E-state index in [0.29, 0.717) is 12.5 Å². The molecule has 1 aromatic rings. The highest BCUT2D eigenvalue weighted by Crippen LogP contribution is 1.96. The van der Waals surface area contributed by atoms with Crippen LogP contribution in [0.1, 0.15) is 20.8 Å². The molecular weight excluding hydrogens is 262 g/mol. The summed E-state index contributed by atoms with van der Waals surface area (Å²) in [7, 11) is 2.80. The minimum atomic E-state index is -0.619. The predicted octanol–water partition coefficient (Wildman–Crippen LogP) is -0.948. The molecule has 0 saturated carbocycles. The molecule has 0 radical (unpaired) electrons. The van der Waals surface area contributed by atoms with Gasteiger partial charge in [-0.15, -0.1) is 5.10 Å². The van der Waals surface area contributed by atoms with Crippen molar-refractivity contribution in [1.29, 1.82) is 0 Å². The lowest BCUT2D eigenvalue weighted by molar-refractivity contribution is -0.121. The first-order valence-corrected chi connectivity index (χ1v) is 6.42. The first-order chi connectivity index (χ1) is 9.23. The second kappa shape index (κ2) is 6.36. The molecule has 8 nitrogen and oxygen atoms in total.